The van der Waals surface area contributed by atoms with Crippen LogP contribution in [0.25, 0.3) is 0 Å². The minimum atomic E-state index is -0.0607. The molecule has 0 radical (unpaired) electrons. The van der Waals surface area contributed by atoms with Crippen LogP contribution >= 0.6 is 0 Å². The summed E-state index contributed by atoms with van der Waals surface area (Å²) in [5, 5.41) is 0. The Morgan fingerprint density at radius 2 is 1.65 bits per heavy atom. The molecule has 1 saturated carbocycles. The standard InChI is InChI=1S/C17H22N2O4/c1-22-14-4-2-3-5-15(14)23-12-16(20)18-8-10-19(11-9-18)17(21)13-6-7-13/h2-5,13H,6-12H2,1H3. The highest BCUT2D eigenvalue weighted by Gasteiger charge is 2.35. The van der Waals surface area contributed by atoms with E-state index in [0.717, 1.165) is 12.8 Å². The minimum Gasteiger partial charge on any atom is -0.493 e. The van der Waals surface area contributed by atoms with Crippen molar-refractivity contribution in [2.45, 2.75) is 12.8 Å². The van der Waals surface area contributed by atoms with Crippen LogP contribution in [0.1, 0.15) is 12.8 Å². The molecule has 2 amide bonds. The van der Waals surface area contributed by atoms with Crippen molar-refractivity contribution < 1.29 is 19.1 Å². The Balaban J connectivity index is 1.47. The van der Waals surface area contributed by atoms with Crippen LogP contribution < -0.4 is 9.47 Å². The molecule has 1 aromatic rings. The average Bonchev–Trinajstić information content (AvgIpc) is 3.44. The van der Waals surface area contributed by atoms with Gasteiger partial charge in [0, 0.05) is 32.1 Å². The van der Waals surface area contributed by atoms with E-state index in [2.05, 4.69) is 0 Å². The van der Waals surface area contributed by atoms with Gasteiger partial charge in [-0.05, 0) is 25.0 Å². The molecule has 1 aromatic carbocycles. The van der Waals surface area contributed by atoms with E-state index in [-0.39, 0.29) is 24.3 Å². The molecule has 23 heavy (non-hydrogen) atoms. The third-order valence-electron chi connectivity index (χ3n) is 4.29. The Morgan fingerprint density at radius 1 is 1.04 bits per heavy atom. The molecule has 0 bridgehead atoms. The zero-order valence-corrected chi connectivity index (χ0v) is 13.4. The van der Waals surface area contributed by atoms with Gasteiger partial charge in [-0.15, -0.1) is 0 Å². The van der Waals surface area contributed by atoms with Crippen LogP contribution in [0.15, 0.2) is 24.3 Å². The van der Waals surface area contributed by atoms with Gasteiger partial charge in [-0.25, -0.2) is 0 Å². The van der Waals surface area contributed by atoms with Crippen LogP contribution in [0.3, 0.4) is 0 Å². The number of hydrogen-bond acceptors (Lipinski definition) is 4. The van der Waals surface area contributed by atoms with Crippen molar-refractivity contribution in [3.8, 4) is 11.5 Å². The molecule has 2 fully saturated rings. The number of para-hydroxylation sites is 2. The molecule has 2 aliphatic rings. The Hall–Kier alpha value is -2.24. The van der Waals surface area contributed by atoms with E-state index < -0.39 is 0 Å². The van der Waals surface area contributed by atoms with E-state index in [4.69, 9.17) is 9.47 Å². The highest BCUT2D eigenvalue weighted by Crippen LogP contribution is 2.31. The lowest BCUT2D eigenvalue weighted by Crippen LogP contribution is -2.52. The quantitative estimate of drug-likeness (QED) is 0.817. The predicted molar refractivity (Wildman–Crippen MR) is 84.4 cm³/mol. The van der Waals surface area contributed by atoms with Gasteiger partial charge in [0.15, 0.2) is 18.1 Å². The van der Waals surface area contributed by atoms with Gasteiger partial charge >= 0.3 is 0 Å². The van der Waals surface area contributed by atoms with Gasteiger partial charge in [-0.3, -0.25) is 9.59 Å². The van der Waals surface area contributed by atoms with Gasteiger partial charge in [0.2, 0.25) is 5.91 Å². The third-order valence-corrected chi connectivity index (χ3v) is 4.29. The SMILES string of the molecule is COc1ccccc1OCC(=O)N1CCN(C(=O)C2CC2)CC1. The Labute approximate surface area is 136 Å². The van der Waals surface area contributed by atoms with Crippen molar-refractivity contribution in [3.63, 3.8) is 0 Å². The molecule has 0 N–H and O–H groups in total. The van der Waals surface area contributed by atoms with Crippen LogP contribution in [0, 0.1) is 5.92 Å². The summed E-state index contributed by atoms with van der Waals surface area (Å²) in [5.74, 6) is 1.61. The third kappa shape index (κ3) is 3.75. The topological polar surface area (TPSA) is 59.1 Å². The maximum absolute atomic E-state index is 12.3. The van der Waals surface area contributed by atoms with Gasteiger partial charge in [0.1, 0.15) is 0 Å². The fraction of sp³-hybridized carbons (Fsp3) is 0.529. The van der Waals surface area contributed by atoms with Crippen molar-refractivity contribution in [2.75, 3.05) is 39.9 Å². The Bertz CT molecular complexity index is 578. The maximum atomic E-state index is 12.3. The molecule has 1 heterocycles. The van der Waals surface area contributed by atoms with Crippen molar-refractivity contribution in [2.24, 2.45) is 5.92 Å². The summed E-state index contributed by atoms with van der Waals surface area (Å²) in [7, 11) is 1.57. The van der Waals surface area contributed by atoms with Crippen LogP contribution in [-0.4, -0.2) is 61.5 Å². The Kier molecular flexibility index (Phi) is 4.69. The second-order valence-electron chi connectivity index (χ2n) is 5.92. The van der Waals surface area contributed by atoms with Gasteiger partial charge in [-0.1, -0.05) is 12.1 Å². The summed E-state index contributed by atoms with van der Waals surface area (Å²) < 4.78 is 10.8. The molecule has 0 aromatic heterocycles. The number of carbonyl (C=O) groups is 2. The molecular weight excluding hydrogens is 296 g/mol. The fourth-order valence-corrected chi connectivity index (χ4v) is 2.73. The molecule has 124 valence electrons. The second-order valence-corrected chi connectivity index (χ2v) is 5.92. The molecule has 3 rings (SSSR count). The second kappa shape index (κ2) is 6.89. The van der Waals surface area contributed by atoms with E-state index in [1.165, 1.54) is 0 Å². The van der Waals surface area contributed by atoms with Crippen LogP contribution in [0.4, 0.5) is 0 Å². The number of ether oxygens (including phenoxy) is 2. The van der Waals surface area contributed by atoms with E-state index in [1.807, 2.05) is 17.0 Å². The molecule has 6 nitrogen and oxygen atoms in total. The predicted octanol–water partition coefficient (Wildman–Crippen LogP) is 1.15. The molecule has 0 spiro atoms. The number of nitrogens with zero attached hydrogens (tertiary/aromatic N) is 2. The first-order chi connectivity index (χ1) is 11.2. The molecule has 0 unspecified atom stereocenters. The first-order valence-electron chi connectivity index (χ1n) is 8.01. The molecule has 1 aliphatic carbocycles. The van der Waals surface area contributed by atoms with E-state index in [9.17, 15) is 9.59 Å². The van der Waals surface area contributed by atoms with E-state index >= 15 is 0 Å². The normalized spacial score (nSPS) is 17.8. The minimum absolute atomic E-state index is 0.0169. The van der Waals surface area contributed by atoms with Crippen molar-refractivity contribution in [1.29, 1.82) is 0 Å². The summed E-state index contributed by atoms with van der Waals surface area (Å²) in [5.41, 5.74) is 0. The summed E-state index contributed by atoms with van der Waals surface area (Å²) in [6.07, 6.45) is 2.04. The lowest BCUT2D eigenvalue weighted by atomic mass is 10.2. The largest absolute Gasteiger partial charge is 0.493 e. The number of methoxy groups -OCH3 is 1. The highest BCUT2D eigenvalue weighted by atomic mass is 16.5. The molecule has 1 aliphatic heterocycles. The van der Waals surface area contributed by atoms with Gasteiger partial charge in [0.05, 0.1) is 7.11 Å². The smallest absolute Gasteiger partial charge is 0.260 e. The van der Waals surface area contributed by atoms with Gasteiger partial charge < -0.3 is 19.3 Å². The van der Waals surface area contributed by atoms with Crippen LogP contribution in [0.5, 0.6) is 11.5 Å². The van der Waals surface area contributed by atoms with Crippen LogP contribution in [-0.2, 0) is 9.59 Å². The summed E-state index contributed by atoms with van der Waals surface area (Å²) >= 11 is 0. The summed E-state index contributed by atoms with van der Waals surface area (Å²) in [6.45, 7) is 2.38. The van der Waals surface area contributed by atoms with E-state index in [1.54, 1.807) is 24.1 Å². The Morgan fingerprint density at radius 3 is 2.26 bits per heavy atom. The van der Waals surface area contributed by atoms with Crippen molar-refractivity contribution in [3.05, 3.63) is 24.3 Å². The zero-order valence-electron chi connectivity index (χ0n) is 13.4. The zero-order chi connectivity index (χ0) is 16.2. The lowest BCUT2D eigenvalue weighted by Gasteiger charge is -2.34. The molecule has 6 heteroatoms. The molecule has 1 saturated heterocycles. The number of carbonyl (C=O) groups excluding carboxylic acids is 2. The summed E-state index contributed by atoms with van der Waals surface area (Å²) in [6, 6.07) is 7.26. The fourth-order valence-electron chi connectivity index (χ4n) is 2.73. The van der Waals surface area contributed by atoms with Crippen molar-refractivity contribution in [1.82, 2.24) is 9.80 Å². The van der Waals surface area contributed by atoms with Gasteiger partial charge in [-0.2, -0.15) is 0 Å². The summed E-state index contributed by atoms with van der Waals surface area (Å²) in [4.78, 5) is 27.9. The molecular formula is C17H22N2O4. The number of rotatable bonds is 5. The monoisotopic (exact) mass is 318 g/mol. The highest BCUT2D eigenvalue weighted by molar-refractivity contribution is 5.82. The number of piperazine rings is 1. The van der Waals surface area contributed by atoms with Crippen LogP contribution in [0.2, 0.25) is 0 Å². The van der Waals surface area contributed by atoms with Crippen molar-refractivity contribution >= 4 is 11.8 Å². The first kappa shape index (κ1) is 15.6. The maximum Gasteiger partial charge on any atom is 0.260 e. The first-order valence-corrected chi connectivity index (χ1v) is 8.01. The lowest BCUT2D eigenvalue weighted by molar-refractivity contribution is -0.141. The number of benzene rings is 1. The van der Waals surface area contributed by atoms with Gasteiger partial charge in [0.25, 0.3) is 5.91 Å². The van der Waals surface area contributed by atoms with E-state index in [0.29, 0.717) is 37.7 Å². The number of hydrogen-bond donors (Lipinski definition) is 0. The molecule has 0 atom stereocenters. The average molecular weight is 318 g/mol. The number of amides is 2.